The summed E-state index contributed by atoms with van der Waals surface area (Å²) in [7, 11) is 3.46. The van der Waals surface area contributed by atoms with Crippen molar-refractivity contribution in [1.29, 1.82) is 0 Å². The fourth-order valence-corrected chi connectivity index (χ4v) is 1.85. The van der Waals surface area contributed by atoms with Crippen LogP contribution < -0.4 is 11.3 Å². The third-order valence-corrected chi connectivity index (χ3v) is 2.86. The number of hydrazine groups is 1. The van der Waals surface area contributed by atoms with Crippen LogP contribution in [0.2, 0.25) is 0 Å². The molecule has 0 amide bonds. The smallest absolute Gasteiger partial charge is 0.0740 e. The second kappa shape index (κ2) is 9.09. The maximum absolute atomic E-state index is 5.58. The molecule has 0 aromatic rings. The average molecular weight is 218 g/mol. The first-order valence-corrected chi connectivity index (χ1v) is 5.69. The molecule has 92 valence electrons. The minimum atomic E-state index is 0.187. The van der Waals surface area contributed by atoms with Crippen molar-refractivity contribution in [3.05, 3.63) is 0 Å². The lowest BCUT2D eigenvalue weighted by atomic mass is 9.92. The highest BCUT2D eigenvalue weighted by Gasteiger charge is 2.24. The molecule has 3 N–H and O–H groups in total. The zero-order chi connectivity index (χ0) is 11.7. The number of nitrogens with two attached hydrogens (primary N) is 1. The molecule has 0 rings (SSSR count). The molecule has 0 aliphatic heterocycles. The van der Waals surface area contributed by atoms with E-state index in [9.17, 15) is 0 Å². The molecular weight excluding hydrogens is 192 g/mol. The Balaban J connectivity index is 4.15. The lowest BCUT2D eigenvalue weighted by Crippen LogP contribution is -2.49. The van der Waals surface area contributed by atoms with Gasteiger partial charge in [-0.25, -0.2) is 0 Å². The van der Waals surface area contributed by atoms with E-state index in [0.717, 1.165) is 25.9 Å². The van der Waals surface area contributed by atoms with Crippen molar-refractivity contribution in [2.75, 3.05) is 20.8 Å². The molecule has 0 aliphatic rings. The largest absolute Gasteiger partial charge is 0.385 e. The summed E-state index contributed by atoms with van der Waals surface area (Å²) in [6.45, 7) is 5.09. The van der Waals surface area contributed by atoms with Crippen LogP contribution in [0, 0.1) is 5.92 Å². The van der Waals surface area contributed by atoms with E-state index >= 15 is 0 Å². The molecule has 0 radical (unpaired) electrons. The van der Waals surface area contributed by atoms with Crippen LogP contribution in [-0.2, 0) is 9.47 Å². The molecule has 15 heavy (non-hydrogen) atoms. The lowest BCUT2D eigenvalue weighted by molar-refractivity contribution is 0.0369. The minimum absolute atomic E-state index is 0.187. The number of nitrogens with one attached hydrogen (secondary N) is 1. The van der Waals surface area contributed by atoms with Gasteiger partial charge < -0.3 is 9.47 Å². The topological polar surface area (TPSA) is 56.5 Å². The minimum Gasteiger partial charge on any atom is -0.385 e. The molecule has 0 saturated carbocycles. The van der Waals surface area contributed by atoms with Gasteiger partial charge in [-0.2, -0.15) is 0 Å². The molecule has 0 fully saturated rings. The molecule has 4 heteroatoms. The van der Waals surface area contributed by atoms with Crippen molar-refractivity contribution < 1.29 is 9.47 Å². The highest BCUT2D eigenvalue weighted by molar-refractivity contribution is 4.79. The van der Waals surface area contributed by atoms with Gasteiger partial charge in [0.25, 0.3) is 0 Å². The first-order chi connectivity index (χ1) is 7.21. The molecule has 0 aromatic carbocycles. The van der Waals surface area contributed by atoms with Gasteiger partial charge in [-0.3, -0.25) is 11.3 Å². The Kier molecular flexibility index (Phi) is 9.00. The van der Waals surface area contributed by atoms with Gasteiger partial charge in [0.1, 0.15) is 0 Å². The van der Waals surface area contributed by atoms with Crippen LogP contribution in [0.4, 0.5) is 0 Å². The molecule has 0 aromatic heterocycles. The maximum atomic E-state index is 5.58. The molecule has 0 spiro atoms. The van der Waals surface area contributed by atoms with E-state index in [4.69, 9.17) is 15.3 Å². The Morgan fingerprint density at radius 3 is 2.33 bits per heavy atom. The third kappa shape index (κ3) is 5.47. The summed E-state index contributed by atoms with van der Waals surface area (Å²) in [4.78, 5) is 0. The van der Waals surface area contributed by atoms with E-state index in [2.05, 4.69) is 19.3 Å². The first kappa shape index (κ1) is 14.8. The summed E-state index contributed by atoms with van der Waals surface area (Å²) in [5.41, 5.74) is 2.87. The molecular formula is C11H26N2O2. The summed E-state index contributed by atoms with van der Waals surface area (Å²) in [6, 6.07) is 0.199. The second-order valence-corrected chi connectivity index (χ2v) is 4.01. The number of ether oxygens (including phenoxy) is 2. The highest BCUT2D eigenvalue weighted by atomic mass is 16.5. The van der Waals surface area contributed by atoms with Crippen molar-refractivity contribution >= 4 is 0 Å². The highest BCUT2D eigenvalue weighted by Crippen LogP contribution is 2.16. The summed E-state index contributed by atoms with van der Waals surface area (Å²) in [5.74, 6) is 6.03. The fraction of sp³-hybridized carbons (Fsp3) is 1.00. The van der Waals surface area contributed by atoms with Crippen LogP contribution in [0.3, 0.4) is 0 Å². The molecule has 0 heterocycles. The predicted octanol–water partition coefficient (Wildman–Crippen LogP) is 1.31. The van der Waals surface area contributed by atoms with Crippen molar-refractivity contribution in [2.24, 2.45) is 11.8 Å². The number of methoxy groups -OCH3 is 2. The van der Waals surface area contributed by atoms with E-state index in [1.54, 1.807) is 14.2 Å². The third-order valence-electron chi connectivity index (χ3n) is 2.86. The fourth-order valence-electron chi connectivity index (χ4n) is 1.85. The van der Waals surface area contributed by atoms with Gasteiger partial charge in [0.2, 0.25) is 0 Å². The van der Waals surface area contributed by atoms with E-state index in [1.807, 2.05) is 0 Å². The monoisotopic (exact) mass is 218 g/mol. The van der Waals surface area contributed by atoms with Gasteiger partial charge in [0.15, 0.2) is 0 Å². The van der Waals surface area contributed by atoms with E-state index in [1.165, 1.54) is 0 Å². The Labute approximate surface area is 93.5 Å². The molecule has 3 unspecified atom stereocenters. The maximum Gasteiger partial charge on any atom is 0.0740 e. The Bertz CT molecular complexity index is 145. The SMILES string of the molecule is CCCC(OC)C(NN)C(C)CCOC. The first-order valence-electron chi connectivity index (χ1n) is 5.69. The molecule has 0 bridgehead atoms. The van der Waals surface area contributed by atoms with Crippen LogP contribution in [0.15, 0.2) is 0 Å². The van der Waals surface area contributed by atoms with Crippen LogP contribution in [0.5, 0.6) is 0 Å². The number of rotatable bonds is 9. The van der Waals surface area contributed by atoms with Crippen LogP contribution >= 0.6 is 0 Å². The zero-order valence-electron chi connectivity index (χ0n) is 10.5. The average Bonchev–Trinajstić information content (AvgIpc) is 2.26. The zero-order valence-corrected chi connectivity index (χ0v) is 10.5. The van der Waals surface area contributed by atoms with Gasteiger partial charge in [0, 0.05) is 26.9 Å². The molecule has 0 saturated heterocycles. The van der Waals surface area contributed by atoms with Crippen molar-refractivity contribution in [3.8, 4) is 0 Å². The molecule has 0 aliphatic carbocycles. The van der Waals surface area contributed by atoms with Gasteiger partial charge in [0.05, 0.1) is 6.10 Å². The van der Waals surface area contributed by atoms with Gasteiger partial charge in [-0.05, 0) is 18.8 Å². The van der Waals surface area contributed by atoms with E-state index < -0.39 is 0 Å². The van der Waals surface area contributed by atoms with Gasteiger partial charge in [-0.1, -0.05) is 20.3 Å². The quantitative estimate of drug-likeness (QED) is 0.452. The van der Waals surface area contributed by atoms with E-state index in [-0.39, 0.29) is 12.1 Å². The number of hydrogen-bond acceptors (Lipinski definition) is 4. The van der Waals surface area contributed by atoms with E-state index in [0.29, 0.717) is 5.92 Å². The van der Waals surface area contributed by atoms with Crippen LogP contribution in [-0.4, -0.2) is 33.0 Å². The lowest BCUT2D eigenvalue weighted by Gasteiger charge is -2.30. The summed E-state index contributed by atoms with van der Waals surface area (Å²) < 4.78 is 10.5. The van der Waals surface area contributed by atoms with Crippen LogP contribution in [0.25, 0.3) is 0 Å². The van der Waals surface area contributed by atoms with Gasteiger partial charge in [-0.15, -0.1) is 0 Å². The van der Waals surface area contributed by atoms with Crippen LogP contribution in [0.1, 0.15) is 33.1 Å². The summed E-state index contributed by atoms with van der Waals surface area (Å²) in [5, 5.41) is 0. The normalized spacial score (nSPS) is 17.4. The Hall–Kier alpha value is -0.160. The van der Waals surface area contributed by atoms with Gasteiger partial charge >= 0.3 is 0 Å². The Morgan fingerprint density at radius 2 is 1.93 bits per heavy atom. The predicted molar refractivity (Wildman–Crippen MR) is 62.5 cm³/mol. The molecule has 3 atom stereocenters. The van der Waals surface area contributed by atoms with Crippen molar-refractivity contribution in [2.45, 2.75) is 45.3 Å². The van der Waals surface area contributed by atoms with Crippen molar-refractivity contribution in [1.82, 2.24) is 5.43 Å². The molecule has 4 nitrogen and oxygen atoms in total. The standard InChI is InChI=1S/C11H26N2O2/c1-5-6-10(15-4)11(13-12)9(2)7-8-14-3/h9-11,13H,5-8,12H2,1-4H3. The van der Waals surface area contributed by atoms with Crippen molar-refractivity contribution in [3.63, 3.8) is 0 Å². The Morgan fingerprint density at radius 1 is 1.27 bits per heavy atom. The summed E-state index contributed by atoms with van der Waals surface area (Å²) >= 11 is 0. The second-order valence-electron chi connectivity index (χ2n) is 4.01. The number of hydrogen-bond donors (Lipinski definition) is 2. The summed E-state index contributed by atoms with van der Waals surface area (Å²) in [6.07, 6.45) is 3.32.